The number of carbonyl (C=O) groups is 4. The molecule has 3 amide bonds. The van der Waals surface area contributed by atoms with E-state index in [2.05, 4.69) is 20.7 Å². The fourth-order valence-corrected chi connectivity index (χ4v) is 0.938. The van der Waals surface area contributed by atoms with Gasteiger partial charge in [0.1, 0.15) is 6.54 Å². The SMILES string of the molecule is CCOC(=O)CNC(=O)CNC(=O)CNC(=O)CN. The van der Waals surface area contributed by atoms with Crippen molar-refractivity contribution in [2.45, 2.75) is 6.92 Å². The lowest BCUT2D eigenvalue weighted by Gasteiger charge is -2.07. The van der Waals surface area contributed by atoms with Crippen LogP contribution in [-0.2, 0) is 23.9 Å². The fourth-order valence-electron chi connectivity index (χ4n) is 0.938. The van der Waals surface area contributed by atoms with Crippen LogP contribution in [0.2, 0.25) is 0 Å². The first kappa shape index (κ1) is 16.8. The highest BCUT2D eigenvalue weighted by atomic mass is 16.5. The molecule has 9 heteroatoms. The van der Waals surface area contributed by atoms with E-state index in [9.17, 15) is 19.2 Å². The molecule has 0 aliphatic carbocycles. The van der Waals surface area contributed by atoms with Gasteiger partial charge in [-0.3, -0.25) is 19.2 Å². The van der Waals surface area contributed by atoms with E-state index in [1.807, 2.05) is 0 Å². The van der Waals surface area contributed by atoms with Crippen LogP contribution >= 0.6 is 0 Å². The molecule has 0 radical (unpaired) electrons. The van der Waals surface area contributed by atoms with E-state index in [0.717, 1.165) is 0 Å². The fraction of sp³-hybridized carbons (Fsp3) is 0.600. The van der Waals surface area contributed by atoms with Gasteiger partial charge in [-0.25, -0.2) is 0 Å². The summed E-state index contributed by atoms with van der Waals surface area (Å²) >= 11 is 0. The number of hydrogen-bond acceptors (Lipinski definition) is 6. The van der Waals surface area contributed by atoms with Gasteiger partial charge in [-0.2, -0.15) is 0 Å². The van der Waals surface area contributed by atoms with Crippen LogP contribution in [0.25, 0.3) is 0 Å². The van der Waals surface area contributed by atoms with Crippen molar-refractivity contribution in [1.29, 1.82) is 0 Å². The van der Waals surface area contributed by atoms with Crippen molar-refractivity contribution in [3.05, 3.63) is 0 Å². The Labute approximate surface area is 110 Å². The van der Waals surface area contributed by atoms with Crippen LogP contribution in [0, 0.1) is 0 Å². The molecule has 0 aromatic carbocycles. The second-order valence-corrected chi connectivity index (χ2v) is 3.34. The molecule has 9 nitrogen and oxygen atoms in total. The monoisotopic (exact) mass is 274 g/mol. The van der Waals surface area contributed by atoms with Gasteiger partial charge in [-0.05, 0) is 6.92 Å². The minimum absolute atomic E-state index is 0.215. The zero-order chi connectivity index (χ0) is 14.7. The molecule has 0 unspecified atom stereocenters. The number of carbonyl (C=O) groups excluding carboxylic acids is 4. The summed E-state index contributed by atoms with van der Waals surface area (Å²) in [4.78, 5) is 44.0. The largest absolute Gasteiger partial charge is 0.465 e. The van der Waals surface area contributed by atoms with Gasteiger partial charge in [-0.1, -0.05) is 0 Å². The molecule has 0 bridgehead atoms. The van der Waals surface area contributed by atoms with E-state index in [1.54, 1.807) is 6.92 Å². The van der Waals surface area contributed by atoms with E-state index >= 15 is 0 Å². The van der Waals surface area contributed by atoms with Crippen LogP contribution in [0.4, 0.5) is 0 Å². The summed E-state index contributed by atoms with van der Waals surface area (Å²) in [5.41, 5.74) is 5.02. The van der Waals surface area contributed by atoms with Crippen LogP contribution < -0.4 is 21.7 Å². The Morgan fingerprint density at radius 1 is 0.895 bits per heavy atom. The molecule has 19 heavy (non-hydrogen) atoms. The Hall–Kier alpha value is -2.16. The zero-order valence-corrected chi connectivity index (χ0v) is 10.7. The summed E-state index contributed by atoms with van der Waals surface area (Å²) in [6.45, 7) is 0.847. The summed E-state index contributed by atoms with van der Waals surface area (Å²) in [5.74, 6) is -2.10. The number of nitrogens with one attached hydrogen (secondary N) is 3. The summed E-state index contributed by atoms with van der Waals surface area (Å²) < 4.78 is 4.59. The van der Waals surface area contributed by atoms with Gasteiger partial charge in [0.05, 0.1) is 26.2 Å². The first-order chi connectivity index (χ1) is 8.99. The van der Waals surface area contributed by atoms with E-state index in [-0.39, 0.29) is 32.8 Å². The van der Waals surface area contributed by atoms with E-state index in [0.29, 0.717) is 0 Å². The summed E-state index contributed by atoms with van der Waals surface area (Å²) in [6.07, 6.45) is 0. The number of esters is 1. The molecule has 0 atom stereocenters. The minimum atomic E-state index is -0.558. The van der Waals surface area contributed by atoms with Gasteiger partial charge >= 0.3 is 5.97 Å². The van der Waals surface area contributed by atoms with Gasteiger partial charge in [0.15, 0.2) is 0 Å². The standard InChI is InChI=1S/C10H18N4O5/c1-2-19-10(18)6-14-9(17)5-13-8(16)4-12-7(15)3-11/h2-6,11H2,1H3,(H,12,15)(H,13,16)(H,14,17). The molecule has 108 valence electrons. The Morgan fingerprint density at radius 3 is 1.84 bits per heavy atom. The number of ether oxygens (including phenoxy) is 1. The Balaban J connectivity index is 3.69. The maximum Gasteiger partial charge on any atom is 0.325 e. The van der Waals surface area contributed by atoms with E-state index in [1.165, 1.54) is 0 Å². The second-order valence-electron chi connectivity index (χ2n) is 3.34. The molecule has 0 aromatic heterocycles. The zero-order valence-electron chi connectivity index (χ0n) is 10.7. The van der Waals surface area contributed by atoms with Crippen molar-refractivity contribution in [2.75, 3.05) is 32.8 Å². The van der Waals surface area contributed by atoms with Gasteiger partial charge in [-0.15, -0.1) is 0 Å². The molecule has 0 aromatic rings. The van der Waals surface area contributed by atoms with Gasteiger partial charge in [0, 0.05) is 0 Å². The molecular weight excluding hydrogens is 256 g/mol. The second kappa shape index (κ2) is 9.83. The number of hydrogen-bond donors (Lipinski definition) is 4. The summed E-state index contributed by atoms with van der Waals surface area (Å²) in [6, 6.07) is 0. The highest BCUT2D eigenvalue weighted by Crippen LogP contribution is 1.75. The molecule has 5 N–H and O–H groups in total. The lowest BCUT2D eigenvalue weighted by Crippen LogP contribution is -2.44. The van der Waals surface area contributed by atoms with Crippen LogP contribution in [0.1, 0.15) is 6.92 Å². The van der Waals surface area contributed by atoms with Crippen molar-refractivity contribution in [3.8, 4) is 0 Å². The molecular formula is C10H18N4O5. The third-order valence-electron chi connectivity index (χ3n) is 1.81. The normalized spacial score (nSPS) is 9.37. The smallest absolute Gasteiger partial charge is 0.325 e. The van der Waals surface area contributed by atoms with Crippen LogP contribution in [0.15, 0.2) is 0 Å². The average Bonchev–Trinajstić information content (AvgIpc) is 2.40. The molecule has 0 aliphatic rings. The molecule has 0 heterocycles. The third kappa shape index (κ3) is 9.53. The number of rotatable bonds is 8. The van der Waals surface area contributed by atoms with Crippen LogP contribution in [0.5, 0.6) is 0 Å². The molecule has 0 fully saturated rings. The molecule has 0 rings (SSSR count). The minimum Gasteiger partial charge on any atom is -0.465 e. The van der Waals surface area contributed by atoms with Crippen molar-refractivity contribution in [2.24, 2.45) is 5.73 Å². The first-order valence-electron chi connectivity index (χ1n) is 5.65. The van der Waals surface area contributed by atoms with Crippen molar-refractivity contribution < 1.29 is 23.9 Å². The van der Waals surface area contributed by atoms with Crippen molar-refractivity contribution in [3.63, 3.8) is 0 Å². The van der Waals surface area contributed by atoms with E-state index < -0.39 is 23.7 Å². The Bertz CT molecular complexity index is 345. The van der Waals surface area contributed by atoms with Gasteiger partial charge < -0.3 is 26.4 Å². The number of nitrogens with two attached hydrogens (primary N) is 1. The highest BCUT2D eigenvalue weighted by Gasteiger charge is 2.08. The van der Waals surface area contributed by atoms with Gasteiger partial charge in [0.2, 0.25) is 17.7 Å². The molecule has 0 spiro atoms. The quantitative estimate of drug-likeness (QED) is 0.345. The Kier molecular flexibility index (Phi) is 8.71. The summed E-state index contributed by atoms with van der Waals surface area (Å²) in [7, 11) is 0. The average molecular weight is 274 g/mol. The summed E-state index contributed by atoms with van der Waals surface area (Å²) in [5, 5.41) is 6.76. The maximum atomic E-state index is 11.2. The number of amides is 3. The van der Waals surface area contributed by atoms with Crippen LogP contribution in [0.3, 0.4) is 0 Å². The predicted octanol–water partition coefficient (Wildman–Crippen LogP) is -3.14. The van der Waals surface area contributed by atoms with Gasteiger partial charge in [0.25, 0.3) is 0 Å². The third-order valence-corrected chi connectivity index (χ3v) is 1.81. The van der Waals surface area contributed by atoms with Crippen molar-refractivity contribution in [1.82, 2.24) is 16.0 Å². The van der Waals surface area contributed by atoms with Crippen LogP contribution in [-0.4, -0.2) is 56.5 Å². The maximum absolute atomic E-state index is 11.2. The highest BCUT2D eigenvalue weighted by molar-refractivity contribution is 5.89. The molecule has 0 aliphatic heterocycles. The lowest BCUT2D eigenvalue weighted by atomic mass is 10.5. The molecule has 0 saturated heterocycles. The predicted molar refractivity (Wildman–Crippen MR) is 64.7 cm³/mol. The molecule has 0 saturated carbocycles. The lowest BCUT2D eigenvalue weighted by molar-refractivity contribution is -0.143. The first-order valence-corrected chi connectivity index (χ1v) is 5.65. The van der Waals surface area contributed by atoms with E-state index in [4.69, 9.17) is 5.73 Å². The van der Waals surface area contributed by atoms with Crippen molar-refractivity contribution >= 4 is 23.7 Å². The Morgan fingerprint density at radius 2 is 1.37 bits per heavy atom. The topological polar surface area (TPSA) is 140 Å².